The molecular formula is C30H47NO3Si. The van der Waals surface area contributed by atoms with E-state index in [0.717, 1.165) is 6.42 Å². The summed E-state index contributed by atoms with van der Waals surface area (Å²) in [6.07, 6.45) is 0.715. The number of ether oxygens (including phenoxy) is 1. The van der Waals surface area contributed by atoms with Crippen molar-refractivity contribution in [2.75, 3.05) is 13.2 Å². The van der Waals surface area contributed by atoms with Crippen molar-refractivity contribution in [1.29, 1.82) is 0 Å². The Kier molecular flexibility index (Phi) is 10.6. The van der Waals surface area contributed by atoms with E-state index in [4.69, 9.17) is 9.16 Å². The van der Waals surface area contributed by atoms with Crippen LogP contribution in [0.5, 0.6) is 0 Å². The first-order valence-corrected chi connectivity index (χ1v) is 15.0. The highest BCUT2D eigenvalue weighted by molar-refractivity contribution is 6.99. The summed E-state index contributed by atoms with van der Waals surface area (Å²) in [6, 6.07) is 21.8. The third kappa shape index (κ3) is 7.44. The molecule has 35 heavy (non-hydrogen) atoms. The van der Waals surface area contributed by atoms with Crippen molar-refractivity contribution < 1.29 is 14.0 Å². The quantitative estimate of drug-likeness (QED) is 0.334. The zero-order valence-corrected chi connectivity index (χ0v) is 24.4. The number of hydrogen-bond donors (Lipinski definition) is 0. The molecule has 0 heterocycles. The van der Waals surface area contributed by atoms with Crippen LogP contribution in [0.4, 0.5) is 4.79 Å². The highest BCUT2D eigenvalue weighted by Crippen LogP contribution is 2.37. The van der Waals surface area contributed by atoms with E-state index in [9.17, 15) is 4.79 Å². The lowest BCUT2D eigenvalue weighted by Crippen LogP contribution is -2.66. The molecule has 0 fully saturated rings. The summed E-state index contributed by atoms with van der Waals surface area (Å²) >= 11 is 0. The van der Waals surface area contributed by atoms with Crippen LogP contribution >= 0.6 is 0 Å². The number of nitrogens with zero attached hydrogens (tertiary/aromatic N) is 1. The lowest BCUT2D eigenvalue weighted by atomic mass is 9.99. The zero-order chi connectivity index (χ0) is 26.2. The van der Waals surface area contributed by atoms with Crippen molar-refractivity contribution >= 4 is 24.8 Å². The van der Waals surface area contributed by atoms with Gasteiger partial charge in [-0.25, -0.2) is 4.79 Å². The molecule has 2 aromatic rings. The Morgan fingerprint density at radius 1 is 0.771 bits per heavy atom. The second-order valence-corrected chi connectivity index (χ2v) is 15.9. The SMILES string of the molecule is CC(C)N(C(=O)OC[C@@H](C)C[C@@H](C)CO[Si](c1ccccc1)(c1ccccc1)C(C)(C)C)C(C)C. The number of rotatable bonds is 11. The van der Waals surface area contributed by atoms with Crippen LogP contribution in [-0.4, -0.2) is 44.6 Å². The maximum Gasteiger partial charge on any atom is 0.410 e. The predicted molar refractivity (Wildman–Crippen MR) is 150 cm³/mol. The van der Waals surface area contributed by atoms with Crippen molar-refractivity contribution in [2.45, 2.75) is 85.9 Å². The highest BCUT2D eigenvalue weighted by atomic mass is 28.4. The summed E-state index contributed by atoms with van der Waals surface area (Å²) < 4.78 is 12.8. The number of amides is 1. The lowest BCUT2D eigenvalue weighted by molar-refractivity contribution is 0.0648. The maximum atomic E-state index is 12.6. The minimum atomic E-state index is -2.53. The van der Waals surface area contributed by atoms with E-state index < -0.39 is 8.32 Å². The molecule has 2 aromatic carbocycles. The molecule has 0 aromatic heterocycles. The first-order chi connectivity index (χ1) is 16.4. The molecule has 0 saturated heterocycles. The summed E-state index contributed by atoms with van der Waals surface area (Å²) in [7, 11) is -2.53. The summed E-state index contributed by atoms with van der Waals surface area (Å²) in [5.41, 5.74) is 0. The van der Waals surface area contributed by atoms with Gasteiger partial charge in [-0.3, -0.25) is 0 Å². The fourth-order valence-corrected chi connectivity index (χ4v) is 9.85. The first kappa shape index (κ1) is 29.1. The Bertz CT molecular complexity index is 845. The van der Waals surface area contributed by atoms with E-state index in [2.05, 4.69) is 95.3 Å². The molecule has 2 atom stereocenters. The van der Waals surface area contributed by atoms with E-state index in [1.165, 1.54) is 10.4 Å². The average molecular weight is 498 g/mol. The largest absolute Gasteiger partial charge is 0.449 e. The van der Waals surface area contributed by atoms with Crippen molar-refractivity contribution in [1.82, 2.24) is 4.90 Å². The van der Waals surface area contributed by atoms with Crippen LogP contribution in [0, 0.1) is 11.8 Å². The fourth-order valence-electron chi connectivity index (χ4n) is 5.16. The molecule has 5 heteroatoms. The summed E-state index contributed by atoms with van der Waals surface area (Å²) in [5.74, 6) is 0.606. The van der Waals surface area contributed by atoms with Gasteiger partial charge in [-0.05, 0) is 61.4 Å². The number of carbonyl (C=O) groups is 1. The standard InChI is InChI=1S/C30H47NO3Si/c1-23(2)31(24(3)4)29(32)33-21-25(5)20-26(6)22-34-35(30(7,8)9,27-16-12-10-13-17-27)28-18-14-11-15-19-28/h10-19,23-26H,20-22H2,1-9H3/t25-,26+/m0/s1. The molecule has 0 N–H and O–H groups in total. The van der Waals surface area contributed by atoms with Gasteiger partial charge in [0.15, 0.2) is 0 Å². The third-order valence-corrected chi connectivity index (χ3v) is 11.6. The molecule has 0 aliphatic heterocycles. The number of carbonyl (C=O) groups excluding carboxylic acids is 1. The lowest BCUT2D eigenvalue weighted by Gasteiger charge is -2.43. The van der Waals surface area contributed by atoms with Crippen LogP contribution in [0.1, 0.15) is 68.7 Å². The molecule has 194 valence electrons. The molecule has 2 rings (SSSR count). The Morgan fingerprint density at radius 2 is 1.20 bits per heavy atom. The van der Waals surface area contributed by atoms with E-state index in [1.807, 2.05) is 27.7 Å². The van der Waals surface area contributed by atoms with E-state index in [1.54, 1.807) is 4.90 Å². The van der Waals surface area contributed by atoms with Gasteiger partial charge in [0, 0.05) is 18.7 Å². The minimum Gasteiger partial charge on any atom is -0.449 e. The Labute approximate surface area is 215 Å². The average Bonchev–Trinajstić information content (AvgIpc) is 2.78. The summed E-state index contributed by atoms with van der Waals surface area (Å²) in [4.78, 5) is 14.4. The van der Waals surface area contributed by atoms with Crippen LogP contribution in [-0.2, 0) is 9.16 Å². The zero-order valence-electron chi connectivity index (χ0n) is 23.4. The second-order valence-electron chi connectivity index (χ2n) is 11.6. The van der Waals surface area contributed by atoms with Gasteiger partial charge in [0.2, 0.25) is 0 Å². The Balaban J connectivity index is 2.12. The molecule has 0 aliphatic carbocycles. The van der Waals surface area contributed by atoms with E-state index in [-0.39, 0.29) is 29.1 Å². The summed E-state index contributed by atoms with van der Waals surface area (Å²) in [6.45, 7) is 20.5. The van der Waals surface area contributed by atoms with E-state index in [0.29, 0.717) is 19.1 Å². The number of benzene rings is 2. The van der Waals surface area contributed by atoms with Crippen LogP contribution in [0.2, 0.25) is 5.04 Å². The van der Waals surface area contributed by atoms with Crippen LogP contribution in [0.15, 0.2) is 60.7 Å². The number of hydrogen-bond acceptors (Lipinski definition) is 3. The normalized spacial score (nSPS) is 14.1. The second kappa shape index (κ2) is 12.7. The molecule has 0 bridgehead atoms. The third-order valence-electron chi connectivity index (χ3n) is 6.62. The molecule has 1 amide bonds. The van der Waals surface area contributed by atoms with Gasteiger partial charge in [0.1, 0.15) is 0 Å². The van der Waals surface area contributed by atoms with Gasteiger partial charge in [0.25, 0.3) is 8.32 Å². The Hall–Kier alpha value is -2.11. The molecule has 0 radical (unpaired) electrons. The van der Waals surface area contributed by atoms with Crippen molar-refractivity contribution in [2.24, 2.45) is 11.8 Å². The van der Waals surface area contributed by atoms with E-state index >= 15 is 0 Å². The van der Waals surface area contributed by atoms with Crippen LogP contribution < -0.4 is 10.4 Å². The van der Waals surface area contributed by atoms with Gasteiger partial charge >= 0.3 is 6.09 Å². The van der Waals surface area contributed by atoms with Crippen LogP contribution in [0.3, 0.4) is 0 Å². The van der Waals surface area contributed by atoms with Gasteiger partial charge in [-0.1, -0.05) is 95.3 Å². The fraction of sp³-hybridized carbons (Fsp3) is 0.567. The molecular weight excluding hydrogens is 450 g/mol. The van der Waals surface area contributed by atoms with Crippen molar-refractivity contribution in [3.8, 4) is 0 Å². The minimum absolute atomic E-state index is 0.0340. The van der Waals surface area contributed by atoms with Crippen molar-refractivity contribution in [3.05, 3.63) is 60.7 Å². The smallest absolute Gasteiger partial charge is 0.410 e. The molecule has 0 unspecified atom stereocenters. The molecule has 0 aliphatic rings. The molecule has 0 spiro atoms. The van der Waals surface area contributed by atoms with Gasteiger partial charge in [-0.15, -0.1) is 0 Å². The highest BCUT2D eigenvalue weighted by Gasteiger charge is 2.50. The predicted octanol–water partition coefficient (Wildman–Crippen LogP) is 6.48. The summed E-state index contributed by atoms with van der Waals surface area (Å²) in [5, 5.41) is 2.57. The monoisotopic (exact) mass is 497 g/mol. The van der Waals surface area contributed by atoms with Gasteiger partial charge < -0.3 is 14.1 Å². The van der Waals surface area contributed by atoms with Crippen LogP contribution in [0.25, 0.3) is 0 Å². The van der Waals surface area contributed by atoms with Gasteiger partial charge in [-0.2, -0.15) is 0 Å². The Morgan fingerprint density at radius 3 is 1.60 bits per heavy atom. The molecule has 4 nitrogen and oxygen atoms in total. The first-order valence-electron chi connectivity index (χ1n) is 13.1. The topological polar surface area (TPSA) is 38.8 Å². The maximum absolute atomic E-state index is 12.6. The molecule has 0 saturated carbocycles. The van der Waals surface area contributed by atoms with Crippen molar-refractivity contribution in [3.63, 3.8) is 0 Å². The van der Waals surface area contributed by atoms with Gasteiger partial charge in [0.05, 0.1) is 6.61 Å².